The first-order chi connectivity index (χ1) is 18.9. The lowest BCUT2D eigenvalue weighted by atomic mass is 9.45. The van der Waals surface area contributed by atoms with Crippen LogP contribution in [0.5, 0.6) is 0 Å². The third-order valence-corrected chi connectivity index (χ3v) is 11.3. The summed E-state index contributed by atoms with van der Waals surface area (Å²) in [6, 6.07) is 0. The number of Topliss-reactive ketones (excluding diaryl/α,β-unsaturated/α-hetero) is 1. The topological polar surface area (TPSA) is 108 Å². The van der Waals surface area contributed by atoms with Gasteiger partial charge in [-0.05, 0) is 67.4 Å². The largest absolute Gasteiger partial charge is 0.457 e. The molecule has 0 aliphatic heterocycles. The molecule has 1 unspecified atom stereocenters. The lowest BCUT2D eigenvalue weighted by molar-refractivity contribution is -0.207. The molecule has 0 saturated heterocycles. The van der Waals surface area contributed by atoms with E-state index in [2.05, 4.69) is 26.1 Å². The van der Waals surface area contributed by atoms with Crippen LogP contribution in [-0.2, 0) is 36.8 Å². The molecule has 4 aliphatic rings. The molecular formula is C31H43ClN2O6. The molecule has 40 heavy (non-hydrogen) atoms. The Kier molecular flexibility index (Phi) is 7.52. The van der Waals surface area contributed by atoms with E-state index in [4.69, 9.17) is 26.2 Å². The predicted octanol–water partition coefficient (Wildman–Crippen LogP) is 4.73. The molecule has 0 aromatic carbocycles. The number of carbonyl (C=O) groups excluding carboxylic acids is 3. The number of aliphatic hydroxyl groups is 1. The maximum Gasteiger partial charge on any atom is 0.306 e. The van der Waals surface area contributed by atoms with E-state index in [0.717, 1.165) is 18.7 Å². The zero-order valence-electron chi connectivity index (χ0n) is 24.5. The van der Waals surface area contributed by atoms with Gasteiger partial charge in [0.25, 0.3) is 0 Å². The van der Waals surface area contributed by atoms with Crippen LogP contribution in [-0.4, -0.2) is 56.3 Å². The Labute approximate surface area is 241 Å². The number of aromatic nitrogens is 2. The number of hydrogen-bond donors (Lipinski definition) is 1. The molecule has 0 radical (unpaired) electrons. The first-order valence-corrected chi connectivity index (χ1v) is 15.3. The average Bonchev–Trinajstić information content (AvgIpc) is 3.40. The molecule has 1 aromatic heterocycles. The van der Waals surface area contributed by atoms with E-state index in [1.165, 1.54) is 11.1 Å². The van der Waals surface area contributed by atoms with Crippen molar-refractivity contribution in [3.8, 4) is 0 Å². The van der Waals surface area contributed by atoms with Crippen LogP contribution in [0.25, 0.3) is 6.08 Å². The van der Waals surface area contributed by atoms with Gasteiger partial charge in [-0.1, -0.05) is 40.2 Å². The Morgan fingerprint density at radius 1 is 1.18 bits per heavy atom. The molecule has 1 N–H and O–H groups in total. The van der Waals surface area contributed by atoms with Crippen molar-refractivity contribution in [1.82, 2.24) is 9.78 Å². The highest BCUT2D eigenvalue weighted by molar-refractivity contribution is 6.21. The number of esters is 2. The second-order valence-corrected chi connectivity index (χ2v) is 13.5. The predicted molar refractivity (Wildman–Crippen MR) is 150 cm³/mol. The van der Waals surface area contributed by atoms with Crippen molar-refractivity contribution in [2.45, 2.75) is 104 Å². The van der Waals surface area contributed by atoms with Gasteiger partial charge >= 0.3 is 11.9 Å². The number of ether oxygens (including phenoxy) is 2. The maximum absolute atomic E-state index is 14.0. The number of carbonyl (C=O) groups is 3. The SMILES string of the molecule is CCC(=O)OCC(=O)C1(OC(=O)CC)[C@H](C)C[C@H]2[C@H]3[C@H]([C@@H](O)C[C@@]21C)[C@@]1(C)Cc2cn(CC)nc2C=C1C[C@H]3Cl. The van der Waals surface area contributed by atoms with Crippen molar-refractivity contribution < 1.29 is 29.0 Å². The third-order valence-electron chi connectivity index (χ3n) is 10.9. The summed E-state index contributed by atoms with van der Waals surface area (Å²) >= 11 is 7.26. The molecule has 9 atom stereocenters. The fraction of sp³-hybridized carbons (Fsp3) is 0.742. The first-order valence-electron chi connectivity index (χ1n) is 14.9. The summed E-state index contributed by atoms with van der Waals surface area (Å²) in [6.07, 6.45) is 6.16. The molecule has 1 aromatic rings. The van der Waals surface area contributed by atoms with E-state index < -0.39 is 41.4 Å². The Bertz CT molecular complexity index is 1240. The van der Waals surface area contributed by atoms with E-state index in [9.17, 15) is 19.5 Å². The van der Waals surface area contributed by atoms with Crippen molar-refractivity contribution in [2.24, 2.45) is 34.5 Å². The van der Waals surface area contributed by atoms with Crippen LogP contribution in [0.2, 0.25) is 0 Å². The number of fused-ring (bicyclic) bond motifs is 6. The fourth-order valence-electron chi connectivity index (χ4n) is 9.11. The minimum Gasteiger partial charge on any atom is -0.457 e. The van der Waals surface area contributed by atoms with Crippen molar-refractivity contribution in [3.63, 3.8) is 0 Å². The molecule has 1 heterocycles. The summed E-state index contributed by atoms with van der Waals surface area (Å²) in [5.41, 5.74) is 0.701. The molecule has 0 spiro atoms. The second kappa shape index (κ2) is 10.3. The highest BCUT2D eigenvalue weighted by Gasteiger charge is 2.74. The lowest BCUT2D eigenvalue weighted by Crippen LogP contribution is -2.66. The van der Waals surface area contributed by atoms with Gasteiger partial charge in [0.15, 0.2) is 12.2 Å². The number of halogens is 1. The van der Waals surface area contributed by atoms with Crippen LogP contribution in [0.3, 0.4) is 0 Å². The van der Waals surface area contributed by atoms with Gasteiger partial charge in [0.1, 0.15) is 0 Å². The van der Waals surface area contributed by atoms with Gasteiger partial charge in [-0.3, -0.25) is 19.1 Å². The minimum atomic E-state index is -1.51. The quantitative estimate of drug-likeness (QED) is 0.370. The Hall–Kier alpha value is -2.19. The molecule has 5 rings (SSSR count). The summed E-state index contributed by atoms with van der Waals surface area (Å²) in [5.74, 6) is -1.97. The highest BCUT2D eigenvalue weighted by Crippen LogP contribution is 2.70. The number of nitrogens with zero attached hydrogens (tertiary/aromatic N) is 2. The Balaban J connectivity index is 1.56. The standard InChI is InChI=1S/C31H43ClN2O6/c1-7-25(37)39-16-24(36)31(40-26(38)8-2)17(4)10-20-27-21(32)11-19-12-22-18(15-34(9-3)33-22)13-29(19,5)28(27)23(35)14-30(20,31)6/h12,15,17,20-21,23,27-28,35H,7-11,13-14,16H2,1-6H3/t17-,20+,21-,23+,27-,28+,29+,30+,31?/m1/s1. The van der Waals surface area contributed by atoms with Gasteiger partial charge in [0.2, 0.25) is 5.78 Å². The Morgan fingerprint density at radius 2 is 1.88 bits per heavy atom. The van der Waals surface area contributed by atoms with Crippen molar-refractivity contribution in [3.05, 3.63) is 23.0 Å². The maximum atomic E-state index is 14.0. The fourth-order valence-corrected chi connectivity index (χ4v) is 9.60. The molecule has 4 aliphatic carbocycles. The van der Waals surface area contributed by atoms with Crippen molar-refractivity contribution in [2.75, 3.05) is 6.61 Å². The number of allylic oxidation sites excluding steroid dienone is 1. The summed E-state index contributed by atoms with van der Waals surface area (Å²) in [5, 5.41) is 16.5. The summed E-state index contributed by atoms with van der Waals surface area (Å²) in [4.78, 5) is 38.9. The second-order valence-electron chi connectivity index (χ2n) is 12.9. The molecule has 9 heteroatoms. The molecule has 0 amide bonds. The third kappa shape index (κ3) is 4.11. The summed E-state index contributed by atoms with van der Waals surface area (Å²) in [6.45, 7) is 11.9. The number of hydrogen-bond acceptors (Lipinski definition) is 7. The van der Waals surface area contributed by atoms with Gasteiger partial charge in [-0.15, -0.1) is 11.6 Å². The van der Waals surface area contributed by atoms with Gasteiger partial charge in [0.05, 0.1) is 11.8 Å². The molecule has 0 bridgehead atoms. The van der Waals surface area contributed by atoms with Gasteiger partial charge in [0, 0.05) is 42.3 Å². The molecule has 3 fully saturated rings. The zero-order chi connectivity index (χ0) is 29.2. The number of aryl methyl sites for hydroxylation is 1. The number of ketones is 1. The molecule has 3 saturated carbocycles. The van der Waals surface area contributed by atoms with Crippen molar-refractivity contribution in [1.29, 1.82) is 0 Å². The monoisotopic (exact) mass is 574 g/mol. The normalized spacial score (nSPS) is 39.8. The lowest BCUT2D eigenvalue weighted by Gasteiger charge is -2.61. The van der Waals surface area contributed by atoms with Gasteiger partial charge in [-0.2, -0.15) is 5.10 Å². The Morgan fingerprint density at radius 3 is 2.52 bits per heavy atom. The van der Waals surface area contributed by atoms with Crippen LogP contribution in [0, 0.1) is 34.5 Å². The molecule has 8 nitrogen and oxygen atoms in total. The first kappa shape index (κ1) is 29.3. The summed E-state index contributed by atoms with van der Waals surface area (Å²) < 4.78 is 13.4. The number of alkyl halides is 1. The molecular weight excluding hydrogens is 532 g/mol. The molecule has 220 valence electrons. The van der Waals surface area contributed by atoms with Crippen LogP contribution < -0.4 is 0 Å². The number of rotatable bonds is 7. The summed E-state index contributed by atoms with van der Waals surface area (Å²) in [7, 11) is 0. The van der Waals surface area contributed by atoms with E-state index in [0.29, 0.717) is 19.3 Å². The van der Waals surface area contributed by atoms with Crippen molar-refractivity contribution >= 4 is 35.4 Å². The van der Waals surface area contributed by atoms with E-state index in [1.54, 1.807) is 13.8 Å². The average molecular weight is 575 g/mol. The smallest absolute Gasteiger partial charge is 0.306 e. The zero-order valence-corrected chi connectivity index (χ0v) is 25.3. The van der Waals surface area contributed by atoms with E-state index in [-0.39, 0.29) is 47.3 Å². The highest BCUT2D eigenvalue weighted by atomic mass is 35.5. The minimum absolute atomic E-state index is 0.0629. The van der Waals surface area contributed by atoms with Crippen LogP contribution >= 0.6 is 11.6 Å². The van der Waals surface area contributed by atoms with Gasteiger partial charge < -0.3 is 14.6 Å². The van der Waals surface area contributed by atoms with E-state index in [1.807, 2.05) is 18.5 Å². The van der Waals surface area contributed by atoms with Crippen LogP contribution in [0.15, 0.2) is 11.8 Å². The number of aliphatic hydroxyl groups excluding tert-OH is 1. The van der Waals surface area contributed by atoms with Crippen LogP contribution in [0.1, 0.15) is 84.9 Å². The van der Waals surface area contributed by atoms with Gasteiger partial charge in [-0.25, -0.2) is 0 Å². The van der Waals surface area contributed by atoms with Crippen LogP contribution in [0.4, 0.5) is 0 Å². The van der Waals surface area contributed by atoms with E-state index >= 15 is 0 Å².